The Morgan fingerprint density at radius 2 is 2.00 bits per heavy atom. The van der Waals surface area contributed by atoms with Crippen LogP contribution in [0.25, 0.3) is 0 Å². The monoisotopic (exact) mass is 366 g/mol. The molecule has 0 heterocycles. The van der Waals surface area contributed by atoms with Crippen molar-refractivity contribution in [2.75, 3.05) is 25.3 Å². The second-order valence-corrected chi connectivity index (χ2v) is 6.55. The molecule has 0 saturated heterocycles. The quantitative estimate of drug-likeness (QED) is 0.293. The highest BCUT2D eigenvalue weighted by Crippen LogP contribution is 2.25. The van der Waals surface area contributed by atoms with Crippen LogP contribution in [0.5, 0.6) is 5.75 Å². The van der Waals surface area contributed by atoms with Gasteiger partial charge in [-0.2, -0.15) is 0 Å². The van der Waals surface area contributed by atoms with Crippen molar-refractivity contribution in [3.63, 3.8) is 0 Å². The molecule has 136 valence electrons. The number of thioether (sulfide) groups is 1. The number of aliphatic imine (C=N–C) groups is 1. The van der Waals surface area contributed by atoms with E-state index in [2.05, 4.69) is 35.8 Å². The summed E-state index contributed by atoms with van der Waals surface area (Å²) >= 11 is 1.61. The van der Waals surface area contributed by atoms with E-state index in [4.69, 9.17) is 9.73 Å². The lowest BCUT2D eigenvalue weighted by Crippen LogP contribution is -2.24. The van der Waals surface area contributed by atoms with E-state index < -0.39 is 0 Å². The number of para-hydroxylation sites is 1. The van der Waals surface area contributed by atoms with Gasteiger partial charge in [-0.3, -0.25) is 0 Å². The Hall–Kier alpha value is -2.38. The molecule has 26 heavy (non-hydrogen) atoms. The van der Waals surface area contributed by atoms with Crippen LogP contribution >= 0.6 is 11.8 Å². The van der Waals surface area contributed by atoms with Gasteiger partial charge in [0.25, 0.3) is 0 Å². The first-order chi connectivity index (χ1) is 12.7. The fourth-order valence-corrected chi connectivity index (χ4v) is 3.01. The van der Waals surface area contributed by atoms with E-state index in [0.29, 0.717) is 0 Å². The first kappa shape index (κ1) is 19.9. The maximum absolute atomic E-state index is 5.29. The minimum atomic E-state index is 0.802. The van der Waals surface area contributed by atoms with Crippen LogP contribution in [-0.4, -0.2) is 25.6 Å². The zero-order valence-electron chi connectivity index (χ0n) is 16.0. The predicted octanol–water partition coefficient (Wildman–Crippen LogP) is 5.72. The van der Waals surface area contributed by atoms with Gasteiger partial charge in [-0.15, -0.1) is 0 Å². The van der Waals surface area contributed by atoms with E-state index in [1.54, 1.807) is 18.9 Å². The molecule has 2 aromatic carbocycles. The van der Waals surface area contributed by atoms with Crippen LogP contribution in [0.4, 0.5) is 11.4 Å². The Balaban J connectivity index is 2.31. The summed E-state index contributed by atoms with van der Waals surface area (Å²) in [6.07, 6.45) is 5.27. The summed E-state index contributed by atoms with van der Waals surface area (Å²) in [4.78, 5) is 6.88. The van der Waals surface area contributed by atoms with Gasteiger partial charge in [0.15, 0.2) is 5.17 Å². The van der Waals surface area contributed by atoms with Crippen LogP contribution < -0.4 is 9.64 Å². The molecule has 0 fully saturated rings. The number of ether oxygens (including phenoxy) is 1. The average Bonchev–Trinajstić information content (AvgIpc) is 2.69. The Morgan fingerprint density at radius 3 is 2.73 bits per heavy atom. The molecule has 0 aliphatic heterocycles. The highest BCUT2D eigenvalue weighted by molar-refractivity contribution is 8.13. The molecule has 0 saturated carbocycles. The standard InChI is InChI=1S/C22H26N2OS/c1-5-6-7-8-12-18-13-9-10-16-21(18)24(2)22(26-4)23-19-14-11-15-20(17-19)25-3/h9-11,13-17H,5-7H2,1-4H3. The molecular weight excluding hydrogens is 340 g/mol. The summed E-state index contributed by atoms with van der Waals surface area (Å²) < 4.78 is 5.29. The van der Waals surface area contributed by atoms with Gasteiger partial charge >= 0.3 is 0 Å². The third-order valence-corrected chi connectivity index (χ3v) is 4.62. The number of unbranched alkanes of at least 4 members (excludes halogenated alkanes) is 2. The molecular formula is C22H26N2OS. The highest BCUT2D eigenvalue weighted by atomic mass is 32.2. The molecule has 0 bridgehead atoms. The van der Waals surface area contributed by atoms with Crippen LogP contribution in [0.2, 0.25) is 0 Å². The molecule has 2 rings (SSSR count). The van der Waals surface area contributed by atoms with Crippen LogP contribution in [0.15, 0.2) is 53.5 Å². The van der Waals surface area contributed by atoms with Gasteiger partial charge < -0.3 is 9.64 Å². The zero-order valence-corrected chi connectivity index (χ0v) is 16.8. The second-order valence-electron chi connectivity index (χ2n) is 5.78. The van der Waals surface area contributed by atoms with Crippen molar-refractivity contribution >= 4 is 28.3 Å². The Labute approximate surface area is 161 Å². The smallest absolute Gasteiger partial charge is 0.168 e. The van der Waals surface area contributed by atoms with Crippen molar-refractivity contribution in [3.8, 4) is 17.6 Å². The van der Waals surface area contributed by atoms with Gasteiger partial charge in [-0.05, 0) is 36.9 Å². The largest absolute Gasteiger partial charge is 0.497 e. The average molecular weight is 367 g/mol. The van der Waals surface area contributed by atoms with Crippen LogP contribution in [0.1, 0.15) is 31.7 Å². The van der Waals surface area contributed by atoms with E-state index in [1.165, 1.54) is 6.42 Å². The molecule has 0 unspecified atom stereocenters. The van der Waals surface area contributed by atoms with Crippen LogP contribution in [0.3, 0.4) is 0 Å². The Morgan fingerprint density at radius 1 is 1.19 bits per heavy atom. The normalized spacial score (nSPS) is 10.8. The Bertz CT molecular complexity index is 805. The summed E-state index contributed by atoms with van der Waals surface area (Å²) in [7, 11) is 3.69. The number of methoxy groups -OCH3 is 1. The molecule has 0 spiro atoms. The van der Waals surface area contributed by atoms with E-state index in [-0.39, 0.29) is 0 Å². The summed E-state index contributed by atoms with van der Waals surface area (Å²) in [6, 6.07) is 16.0. The summed E-state index contributed by atoms with van der Waals surface area (Å²) in [5.74, 6) is 7.40. The third-order valence-electron chi connectivity index (χ3n) is 3.89. The van der Waals surface area contributed by atoms with Crippen molar-refractivity contribution in [3.05, 3.63) is 54.1 Å². The van der Waals surface area contributed by atoms with Crippen molar-refractivity contribution in [2.45, 2.75) is 26.2 Å². The lowest BCUT2D eigenvalue weighted by molar-refractivity contribution is 0.415. The molecule has 0 aliphatic carbocycles. The maximum Gasteiger partial charge on any atom is 0.168 e. The molecule has 0 radical (unpaired) electrons. The van der Waals surface area contributed by atoms with Crippen LogP contribution in [-0.2, 0) is 0 Å². The molecule has 0 atom stereocenters. The van der Waals surface area contributed by atoms with Gasteiger partial charge in [-0.25, -0.2) is 4.99 Å². The number of rotatable bonds is 5. The zero-order chi connectivity index (χ0) is 18.8. The molecule has 0 aliphatic rings. The number of benzene rings is 2. The predicted molar refractivity (Wildman–Crippen MR) is 115 cm³/mol. The van der Waals surface area contributed by atoms with Gasteiger partial charge in [0.05, 0.1) is 18.5 Å². The Kier molecular flexibility index (Phi) is 8.11. The first-order valence-corrected chi connectivity index (χ1v) is 10.0. The lowest BCUT2D eigenvalue weighted by atomic mass is 10.1. The van der Waals surface area contributed by atoms with Gasteiger partial charge in [0.1, 0.15) is 5.75 Å². The number of hydrogen-bond acceptors (Lipinski definition) is 3. The summed E-state index contributed by atoms with van der Waals surface area (Å²) in [6.45, 7) is 2.18. The maximum atomic E-state index is 5.29. The molecule has 0 aromatic heterocycles. The lowest BCUT2D eigenvalue weighted by Gasteiger charge is -2.21. The fourth-order valence-electron chi connectivity index (χ4n) is 2.45. The topological polar surface area (TPSA) is 24.8 Å². The number of nitrogens with zero attached hydrogens (tertiary/aromatic N) is 2. The van der Waals surface area contributed by atoms with Crippen LogP contribution in [0, 0.1) is 11.8 Å². The number of amidine groups is 1. The second kappa shape index (κ2) is 10.6. The molecule has 0 N–H and O–H groups in total. The minimum Gasteiger partial charge on any atom is -0.497 e. The number of anilines is 1. The van der Waals surface area contributed by atoms with Gasteiger partial charge in [0, 0.05) is 25.1 Å². The molecule has 3 nitrogen and oxygen atoms in total. The summed E-state index contributed by atoms with van der Waals surface area (Å²) in [5, 5.41) is 0.904. The van der Waals surface area contributed by atoms with E-state index in [0.717, 1.165) is 40.7 Å². The van der Waals surface area contributed by atoms with Crippen molar-refractivity contribution in [1.29, 1.82) is 0 Å². The number of hydrogen-bond donors (Lipinski definition) is 0. The van der Waals surface area contributed by atoms with E-state index in [9.17, 15) is 0 Å². The van der Waals surface area contributed by atoms with E-state index in [1.807, 2.05) is 49.7 Å². The third kappa shape index (κ3) is 5.57. The minimum absolute atomic E-state index is 0.802. The van der Waals surface area contributed by atoms with Crippen molar-refractivity contribution < 1.29 is 4.74 Å². The SMILES string of the molecule is CCCCC#Cc1ccccc1N(C)C(=Nc1cccc(OC)c1)SC. The van der Waals surface area contributed by atoms with E-state index >= 15 is 0 Å². The molecule has 4 heteroatoms. The van der Waals surface area contributed by atoms with Gasteiger partial charge in [-0.1, -0.05) is 55.1 Å². The van der Waals surface area contributed by atoms with Crippen molar-refractivity contribution in [2.24, 2.45) is 4.99 Å². The fraction of sp³-hybridized carbons (Fsp3) is 0.318. The summed E-state index contributed by atoms with van der Waals surface area (Å²) in [5.41, 5.74) is 2.96. The molecule has 0 amide bonds. The molecule has 2 aromatic rings. The first-order valence-electron chi connectivity index (χ1n) is 8.78. The van der Waals surface area contributed by atoms with Gasteiger partial charge in [0.2, 0.25) is 0 Å². The van der Waals surface area contributed by atoms with Crippen molar-refractivity contribution in [1.82, 2.24) is 0 Å². The highest BCUT2D eigenvalue weighted by Gasteiger charge is 2.11.